The van der Waals surface area contributed by atoms with E-state index in [-0.39, 0.29) is 37.3 Å². The minimum absolute atomic E-state index is 0.0783. The molecule has 1 N–H and O–H groups in total. The third kappa shape index (κ3) is 2.04. The van der Waals surface area contributed by atoms with Crippen LogP contribution in [0.25, 0.3) is 0 Å². The highest BCUT2D eigenvalue weighted by molar-refractivity contribution is 5.98. The van der Waals surface area contributed by atoms with Crippen molar-refractivity contribution in [1.82, 2.24) is 4.90 Å². The number of imide groups is 1. The molecule has 1 aliphatic rings. The predicted molar refractivity (Wildman–Crippen MR) is 54.5 cm³/mol. The number of morpholine rings is 1. The van der Waals surface area contributed by atoms with Crippen LogP contribution in [-0.2, 0) is 20.9 Å². The summed E-state index contributed by atoms with van der Waals surface area (Å²) >= 11 is 0. The Morgan fingerprint density at radius 2 is 1.81 bits per heavy atom. The van der Waals surface area contributed by atoms with E-state index in [2.05, 4.69) is 0 Å². The van der Waals surface area contributed by atoms with Gasteiger partial charge < -0.3 is 9.84 Å². The van der Waals surface area contributed by atoms with E-state index >= 15 is 0 Å². The zero-order valence-corrected chi connectivity index (χ0v) is 8.55. The number of benzene rings is 1. The fourth-order valence-corrected chi connectivity index (χ4v) is 1.51. The molecule has 0 bridgehead atoms. The van der Waals surface area contributed by atoms with E-state index < -0.39 is 0 Å². The van der Waals surface area contributed by atoms with Crippen molar-refractivity contribution in [3.05, 3.63) is 29.8 Å². The van der Waals surface area contributed by atoms with Gasteiger partial charge in [-0.05, 0) is 6.07 Å². The third-order valence-electron chi connectivity index (χ3n) is 2.37. The summed E-state index contributed by atoms with van der Waals surface area (Å²) in [6.45, 7) is -0.0770. The van der Waals surface area contributed by atoms with Crippen molar-refractivity contribution >= 4 is 11.8 Å². The number of para-hydroxylation sites is 1. The van der Waals surface area contributed by atoms with Gasteiger partial charge in [0.15, 0.2) is 0 Å². The van der Waals surface area contributed by atoms with E-state index in [1.807, 2.05) is 0 Å². The fraction of sp³-hybridized carbons (Fsp3) is 0.273. The number of nitrogens with zero attached hydrogens (tertiary/aromatic N) is 1. The summed E-state index contributed by atoms with van der Waals surface area (Å²) in [5, 5.41) is 9.53. The first-order valence-electron chi connectivity index (χ1n) is 4.86. The lowest BCUT2D eigenvalue weighted by atomic mass is 10.2. The number of phenolic OH excluding ortho intramolecular Hbond substituents is 1. The van der Waals surface area contributed by atoms with Crippen LogP contribution < -0.4 is 0 Å². The van der Waals surface area contributed by atoms with Gasteiger partial charge in [0.2, 0.25) is 0 Å². The SMILES string of the molecule is O=C1COCC(=O)N1Cc1ccccc1O. The molecule has 0 unspecified atom stereocenters. The topological polar surface area (TPSA) is 66.8 Å². The molecular weight excluding hydrogens is 210 g/mol. The maximum Gasteiger partial charge on any atom is 0.255 e. The number of carbonyl (C=O) groups is 2. The molecule has 0 atom stereocenters. The first-order chi connectivity index (χ1) is 7.68. The van der Waals surface area contributed by atoms with E-state index in [4.69, 9.17) is 4.74 Å². The van der Waals surface area contributed by atoms with Crippen LogP contribution in [0.2, 0.25) is 0 Å². The van der Waals surface area contributed by atoms with Crippen molar-refractivity contribution in [2.75, 3.05) is 13.2 Å². The molecular formula is C11H11NO4. The van der Waals surface area contributed by atoms with Gasteiger partial charge in [0.1, 0.15) is 19.0 Å². The molecule has 0 aliphatic carbocycles. The van der Waals surface area contributed by atoms with E-state index in [1.54, 1.807) is 18.2 Å². The average molecular weight is 221 g/mol. The number of aromatic hydroxyl groups is 1. The highest BCUT2D eigenvalue weighted by atomic mass is 16.5. The number of phenols is 1. The van der Waals surface area contributed by atoms with Crippen LogP contribution >= 0.6 is 0 Å². The van der Waals surface area contributed by atoms with Gasteiger partial charge in [-0.3, -0.25) is 14.5 Å². The quantitative estimate of drug-likeness (QED) is 0.728. The van der Waals surface area contributed by atoms with Crippen molar-refractivity contribution in [3.63, 3.8) is 0 Å². The van der Waals surface area contributed by atoms with Gasteiger partial charge in [0, 0.05) is 5.56 Å². The molecule has 0 spiro atoms. The zero-order chi connectivity index (χ0) is 11.5. The van der Waals surface area contributed by atoms with E-state index in [0.717, 1.165) is 4.90 Å². The Kier molecular flexibility index (Phi) is 2.87. The summed E-state index contributed by atoms with van der Waals surface area (Å²) in [5.74, 6) is -0.673. The molecule has 5 nitrogen and oxygen atoms in total. The van der Waals surface area contributed by atoms with Crippen molar-refractivity contribution < 1.29 is 19.4 Å². The highest BCUT2D eigenvalue weighted by Gasteiger charge is 2.27. The van der Waals surface area contributed by atoms with Crippen LogP contribution in [0.4, 0.5) is 0 Å². The van der Waals surface area contributed by atoms with Crippen molar-refractivity contribution in [2.45, 2.75) is 6.54 Å². The molecule has 1 fully saturated rings. The molecule has 2 rings (SSSR count). The average Bonchev–Trinajstić information content (AvgIpc) is 2.26. The van der Waals surface area contributed by atoms with Crippen LogP contribution in [0.5, 0.6) is 5.75 Å². The smallest absolute Gasteiger partial charge is 0.255 e. The molecule has 84 valence electrons. The minimum atomic E-state index is -0.375. The third-order valence-corrected chi connectivity index (χ3v) is 2.37. The van der Waals surface area contributed by atoms with Crippen molar-refractivity contribution in [1.29, 1.82) is 0 Å². The normalized spacial score (nSPS) is 16.6. The second kappa shape index (κ2) is 4.32. The largest absolute Gasteiger partial charge is 0.508 e. The Balaban J connectivity index is 2.17. The van der Waals surface area contributed by atoms with Gasteiger partial charge in [-0.2, -0.15) is 0 Å². The number of rotatable bonds is 2. The molecule has 1 aromatic carbocycles. The number of ether oxygens (including phenoxy) is 1. The summed E-state index contributed by atoms with van der Waals surface area (Å²) in [5.41, 5.74) is 0.547. The lowest BCUT2D eigenvalue weighted by molar-refractivity contribution is -0.159. The summed E-state index contributed by atoms with van der Waals surface area (Å²) in [4.78, 5) is 23.9. The number of hydrogen-bond acceptors (Lipinski definition) is 4. The number of carbonyl (C=O) groups excluding carboxylic acids is 2. The van der Waals surface area contributed by atoms with Crippen molar-refractivity contribution in [2.24, 2.45) is 0 Å². The number of amides is 2. The Morgan fingerprint density at radius 1 is 1.19 bits per heavy atom. The van der Waals surface area contributed by atoms with Gasteiger partial charge >= 0.3 is 0 Å². The Labute approximate surface area is 92.2 Å². The Morgan fingerprint density at radius 3 is 2.44 bits per heavy atom. The second-order valence-corrected chi connectivity index (χ2v) is 3.50. The van der Waals surface area contributed by atoms with Crippen LogP contribution in [0.15, 0.2) is 24.3 Å². The molecule has 1 saturated heterocycles. The maximum absolute atomic E-state index is 11.4. The molecule has 2 amide bonds. The van der Waals surface area contributed by atoms with Gasteiger partial charge in [0.05, 0.1) is 6.54 Å². The molecule has 1 aliphatic heterocycles. The second-order valence-electron chi connectivity index (χ2n) is 3.50. The van der Waals surface area contributed by atoms with Crippen LogP contribution in [0.1, 0.15) is 5.56 Å². The maximum atomic E-state index is 11.4. The van der Waals surface area contributed by atoms with Crippen LogP contribution in [-0.4, -0.2) is 35.0 Å². The molecule has 0 aromatic heterocycles. The van der Waals surface area contributed by atoms with E-state index in [0.29, 0.717) is 5.56 Å². The summed E-state index contributed by atoms with van der Waals surface area (Å²) in [7, 11) is 0. The van der Waals surface area contributed by atoms with Gasteiger partial charge in [-0.15, -0.1) is 0 Å². The molecule has 5 heteroatoms. The summed E-state index contributed by atoms with van der Waals surface area (Å²) in [6.07, 6.45) is 0. The lowest BCUT2D eigenvalue weighted by Gasteiger charge is -2.25. The first kappa shape index (κ1) is 10.6. The van der Waals surface area contributed by atoms with Gasteiger partial charge in [-0.1, -0.05) is 18.2 Å². The predicted octanol–water partition coefficient (Wildman–Crippen LogP) is 0.278. The fourth-order valence-electron chi connectivity index (χ4n) is 1.51. The number of hydrogen-bond donors (Lipinski definition) is 1. The molecule has 0 radical (unpaired) electrons. The Hall–Kier alpha value is -1.88. The first-order valence-corrected chi connectivity index (χ1v) is 4.86. The molecule has 16 heavy (non-hydrogen) atoms. The molecule has 1 heterocycles. The Bertz CT molecular complexity index is 414. The zero-order valence-electron chi connectivity index (χ0n) is 8.55. The highest BCUT2D eigenvalue weighted by Crippen LogP contribution is 2.18. The van der Waals surface area contributed by atoms with E-state index in [1.165, 1.54) is 6.07 Å². The van der Waals surface area contributed by atoms with Gasteiger partial charge in [0.25, 0.3) is 11.8 Å². The molecule has 0 saturated carbocycles. The van der Waals surface area contributed by atoms with Crippen molar-refractivity contribution in [3.8, 4) is 5.75 Å². The monoisotopic (exact) mass is 221 g/mol. The summed E-state index contributed by atoms with van der Waals surface area (Å²) < 4.78 is 4.79. The molecule has 1 aromatic rings. The standard InChI is InChI=1S/C11H11NO4/c13-9-4-2-1-3-8(9)5-12-10(14)6-16-7-11(12)15/h1-4,13H,5-7H2. The van der Waals surface area contributed by atoms with Crippen LogP contribution in [0.3, 0.4) is 0 Å². The van der Waals surface area contributed by atoms with Gasteiger partial charge in [-0.25, -0.2) is 0 Å². The van der Waals surface area contributed by atoms with E-state index in [9.17, 15) is 14.7 Å². The van der Waals surface area contributed by atoms with Crippen LogP contribution in [0, 0.1) is 0 Å². The minimum Gasteiger partial charge on any atom is -0.508 e. The summed E-state index contributed by atoms with van der Waals surface area (Å²) in [6, 6.07) is 6.61. The lowest BCUT2D eigenvalue weighted by Crippen LogP contribution is -2.45.